The average Bonchev–Trinajstić information content (AvgIpc) is 2.83. The highest BCUT2D eigenvalue weighted by Crippen LogP contribution is 2.33. The van der Waals surface area contributed by atoms with Gasteiger partial charge in [-0.2, -0.15) is 0 Å². The Balaban J connectivity index is 1.68. The second-order valence-electron chi connectivity index (χ2n) is 7.94. The molecule has 1 aliphatic rings. The Kier molecular flexibility index (Phi) is 7.63. The molecule has 33 heavy (non-hydrogen) atoms. The van der Waals surface area contributed by atoms with Gasteiger partial charge in [-0.25, -0.2) is 8.78 Å². The first-order valence-corrected chi connectivity index (χ1v) is 10.9. The maximum absolute atomic E-state index is 13.8. The highest BCUT2D eigenvalue weighted by Gasteiger charge is 2.28. The van der Waals surface area contributed by atoms with E-state index in [4.69, 9.17) is 4.74 Å². The van der Waals surface area contributed by atoms with Crippen LogP contribution in [0.5, 0.6) is 11.5 Å². The molecule has 0 aliphatic carbocycles. The zero-order valence-corrected chi connectivity index (χ0v) is 19.2. The fraction of sp³-hybridized carbons (Fsp3) is 0.308. The van der Waals surface area contributed by atoms with Crippen molar-refractivity contribution >= 4 is 12.1 Å². The molecule has 2 aromatic carbocycles. The van der Waals surface area contributed by atoms with Crippen LogP contribution in [0.3, 0.4) is 0 Å². The summed E-state index contributed by atoms with van der Waals surface area (Å²) in [6, 6.07) is 11.9. The number of rotatable bonds is 8. The van der Waals surface area contributed by atoms with E-state index in [-0.39, 0.29) is 17.9 Å². The molecular formula is C26H29F2N3O2. The van der Waals surface area contributed by atoms with Crippen molar-refractivity contribution in [2.45, 2.75) is 39.2 Å². The van der Waals surface area contributed by atoms with Crippen LogP contribution in [-0.2, 0) is 23.7 Å². The van der Waals surface area contributed by atoms with Crippen molar-refractivity contribution in [1.29, 1.82) is 0 Å². The highest BCUT2D eigenvalue weighted by molar-refractivity contribution is 6.11. The predicted octanol–water partition coefficient (Wildman–Crippen LogP) is 5.57. The van der Waals surface area contributed by atoms with Gasteiger partial charge in [0.2, 0.25) is 0 Å². The minimum Gasteiger partial charge on any atom is -0.457 e. The highest BCUT2D eigenvalue weighted by atomic mass is 19.3. The van der Waals surface area contributed by atoms with E-state index in [1.165, 1.54) is 30.8 Å². The number of amides is 1. The zero-order chi connectivity index (χ0) is 24.0. The topological polar surface area (TPSA) is 53.9 Å². The molecule has 5 nitrogen and oxygen atoms in total. The molecule has 2 aromatic rings. The number of hydrogen-bond donors (Lipinski definition) is 1. The number of fused-ring (bicyclic) bond motifs is 1. The monoisotopic (exact) mass is 453 g/mol. The molecule has 1 heterocycles. The lowest BCUT2D eigenvalue weighted by atomic mass is 9.99. The van der Waals surface area contributed by atoms with Gasteiger partial charge in [-0.3, -0.25) is 9.79 Å². The molecule has 7 heteroatoms. The predicted molar refractivity (Wildman–Crippen MR) is 127 cm³/mol. The average molecular weight is 454 g/mol. The quantitative estimate of drug-likeness (QED) is 0.420. The first kappa shape index (κ1) is 24.2. The normalized spacial score (nSPS) is 14.2. The summed E-state index contributed by atoms with van der Waals surface area (Å²) >= 11 is 0. The maximum Gasteiger partial charge on any atom is 0.273 e. The van der Waals surface area contributed by atoms with Crippen molar-refractivity contribution in [2.75, 3.05) is 13.6 Å². The number of likely N-dealkylation sites (N-methyl/N-ethyl adjacent to an activating group) is 1. The van der Waals surface area contributed by atoms with Gasteiger partial charge < -0.3 is 15.0 Å². The molecule has 3 rings (SSSR count). The summed E-state index contributed by atoms with van der Waals surface area (Å²) in [4.78, 5) is 17.9. The second kappa shape index (κ2) is 10.4. The van der Waals surface area contributed by atoms with E-state index in [2.05, 4.69) is 21.8 Å². The number of hydrogen-bond acceptors (Lipinski definition) is 4. The zero-order valence-electron chi connectivity index (χ0n) is 19.2. The van der Waals surface area contributed by atoms with E-state index in [1.807, 2.05) is 25.1 Å². The molecule has 1 amide bonds. The number of nitrogens with one attached hydrogen (secondary N) is 1. The third-order valence-corrected chi connectivity index (χ3v) is 5.66. The SMILES string of the molecule is C=C(C=N/C=C(\C)N1CCc2ccc(Oc3ccc(C(F)(F)CC)cc3)cc2C1)C(=O)NC. The summed E-state index contributed by atoms with van der Waals surface area (Å²) in [7, 11) is 1.55. The fourth-order valence-corrected chi connectivity index (χ4v) is 3.54. The number of carbonyl (C=O) groups is 1. The fourth-order valence-electron chi connectivity index (χ4n) is 3.54. The van der Waals surface area contributed by atoms with Gasteiger partial charge in [-0.15, -0.1) is 0 Å². The first-order valence-electron chi connectivity index (χ1n) is 10.9. The van der Waals surface area contributed by atoms with E-state index < -0.39 is 5.92 Å². The van der Waals surface area contributed by atoms with Gasteiger partial charge in [0.1, 0.15) is 11.5 Å². The number of carbonyl (C=O) groups excluding carboxylic acids is 1. The molecule has 0 radical (unpaired) electrons. The molecule has 0 unspecified atom stereocenters. The lowest BCUT2D eigenvalue weighted by Gasteiger charge is -2.31. The van der Waals surface area contributed by atoms with Crippen molar-refractivity contribution < 1.29 is 18.3 Å². The maximum atomic E-state index is 13.8. The van der Waals surface area contributed by atoms with Crippen LogP contribution in [0, 0.1) is 0 Å². The van der Waals surface area contributed by atoms with Gasteiger partial charge >= 0.3 is 0 Å². The molecule has 0 fully saturated rings. The molecule has 0 aromatic heterocycles. The largest absolute Gasteiger partial charge is 0.457 e. The summed E-state index contributed by atoms with van der Waals surface area (Å²) in [6.45, 7) is 8.66. The summed E-state index contributed by atoms with van der Waals surface area (Å²) in [5.74, 6) is -1.93. The number of allylic oxidation sites excluding steroid dienone is 1. The Morgan fingerprint density at radius 1 is 1.21 bits per heavy atom. The van der Waals surface area contributed by atoms with Crippen molar-refractivity contribution in [3.8, 4) is 11.5 Å². The molecule has 0 saturated heterocycles. The molecule has 1 aliphatic heterocycles. The van der Waals surface area contributed by atoms with Gasteiger partial charge in [0.05, 0.1) is 5.57 Å². The molecule has 0 bridgehead atoms. The van der Waals surface area contributed by atoms with Crippen molar-refractivity contribution in [3.63, 3.8) is 0 Å². The van der Waals surface area contributed by atoms with Crippen LogP contribution in [0.4, 0.5) is 8.78 Å². The van der Waals surface area contributed by atoms with E-state index in [0.717, 1.165) is 24.2 Å². The standard InChI is InChI=1S/C26H29F2N3O2/c1-5-26(27,28)22-7-10-23(11-8-22)33-24-9-6-20-12-13-31(17-21(20)14-24)19(3)16-30-15-18(2)25(32)29-4/h6-11,14-16H,2,5,12-13,17H2,1,3-4H3,(H,29,32)/b19-16+,30-15?. The van der Waals surface area contributed by atoms with Crippen molar-refractivity contribution in [3.05, 3.63) is 83.2 Å². The molecule has 174 valence electrons. The molecular weight excluding hydrogens is 424 g/mol. The molecule has 1 N–H and O–H groups in total. The summed E-state index contributed by atoms with van der Waals surface area (Å²) < 4.78 is 33.6. The Morgan fingerprint density at radius 2 is 1.91 bits per heavy atom. The Morgan fingerprint density at radius 3 is 2.58 bits per heavy atom. The van der Waals surface area contributed by atoms with E-state index >= 15 is 0 Å². The van der Waals surface area contributed by atoms with Crippen molar-refractivity contribution in [2.24, 2.45) is 4.99 Å². The number of nitrogens with zero attached hydrogens (tertiary/aromatic N) is 2. The summed E-state index contributed by atoms with van der Waals surface area (Å²) in [6.07, 6.45) is 3.80. The van der Waals surface area contributed by atoms with Crippen LogP contribution >= 0.6 is 0 Å². The van der Waals surface area contributed by atoms with E-state index in [9.17, 15) is 13.6 Å². The smallest absolute Gasteiger partial charge is 0.273 e. The number of halogens is 2. The van der Waals surface area contributed by atoms with Gasteiger partial charge in [0.15, 0.2) is 0 Å². The van der Waals surface area contributed by atoms with E-state index in [1.54, 1.807) is 25.4 Å². The lowest BCUT2D eigenvalue weighted by Crippen LogP contribution is -2.29. The van der Waals surface area contributed by atoms with Crippen LogP contribution < -0.4 is 10.1 Å². The molecule has 0 spiro atoms. The molecule has 0 atom stereocenters. The lowest BCUT2D eigenvalue weighted by molar-refractivity contribution is -0.116. The van der Waals surface area contributed by atoms with E-state index in [0.29, 0.717) is 23.6 Å². The third kappa shape index (κ3) is 6.06. The Hall–Kier alpha value is -3.48. The molecule has 0 saturated carbocycles. The number of benzene rings is 2. The first-order chi connectivity index (χ1) is 15.7. The number of aliphatic imine (C=N–C) groups is 1. The Bertz CT molecular complexity index is 1080. The van der Waals surface area contributed by atoms with Gasteiger partial charge in [-0.05, 0) is 60.9 Å². The minimum absolute atomic E-state index is 0.0118. The van der Waals surface area contributed by atoms with Gasteiger partial charge in [-0.1, -0.05) is 19.6 Å². The minimum atomic E-state index is -2.83. The third-order valence-electron chi connectivity index (χ3n) is 5.66. The van der Waals surface area contributed by atoms with Gasteiger partial charge in [0, 0.05) is 50.2 Å². The van der Waals surface area contributed by atoms with Crippen LogP contribution in [0.1, 0.15) is 37.0 Å². The van der Waals surface area contributed by atoms with Crippen LogP contribution in [-0.4, -0.2) is 30.6 Å². The second-order valence-corrected chi connectivity index (χ2v) is 7.94. The van der Waals surface area contributed by atoms with Crippen LogP contribution in [0.15, 0.2) is 71.5 Å². The number of ether oxygens (including phenoxy) is 1. The van der Waals surface area contributed by atoms with Crippen LogP contribution in [0.2, 0.25) is 0 Å². The summed E-state index contributed by atoms with van der Waals surface area (Å²) in [5.41, 5.74) is 3.64. The van der Waals surface area contributed by atoms with Gasteiger partial charge in [0.25, 0.3) is 11.8 Å². The van der Waals surface area contributed by atoms with Crippen LogP contribution in [0.25, 0.3) is 0 Å². The Labute approximate surface area is 193 Å². The van der Waals surface area contributed by atoms with Crippen molar-refractivity contribution in [1.82, 2.24) is 10.2 Å². The summed E-state index contributed by atoms with van der Waals surface area (Å²) in [5, 5.41) is 2.51. The number of alkyl halides is 2.